The van der Waals surface area contributed by atoms with Crippen molar-refractivity contribution < 1.29 is 35.8 Å². The van der Waals surface area contributed by atoms with Gasteiger partial charge in [-0.05, 0) is 72.1 Å². The zero-order valence-corrected chi connectivity index (χ0v) is 25.6. The van der Waals surface area contributed by atoms with Gasteiger partial charge in [-0.2, -0.15) is 0 Å². The number of ether oxygens (including phenoxy) is 3. The predicted molar refractivity (Wildman–Crippen MR) is 159 cm³/mol. The standard InChI is InChI=1S/C21H20ClNO5S.C8H7ClO3S/c1-27-21(24)6-4-2-3-5-15-13-17(22)7-9-19(15)23-29(25,26)18-8-10-20-16(14-18)11-12-28-20;9-13(10,11)7-1-2-8-6(5-7)3-4-12-8/h7-10,13-14,23H,2,4,6,11-12H2,1H3;1-2,5H,3-4H2. The summed E-state index contributed by atoms with van der Waals surface area (Å²) in [5, 5.41) is 0.446. The molecule has 0 atom stereocenters. The lowest BCUT2D eigenvalue weighted by Gasteiger charge is -2.11. The van der Waals surface area contributed by atoms with E-state index in [1.165, 1.54) is 19.2 Å². The first-order valence-corrected chi connectivity index (χ1v) is 17.0. The van der Waals surface area contributed by atoms with E-state index in [2.05, 4.69) is 21.3 Å². The Kier molecular flexibility index (Phi) is 10.3. The normalized spacial score (nSPS) is 13.2. The lowest BCUT2D eigenvalue weighted by molar-refractivity contribution is -0.140. The molecule has 2 aliphatic rings. The van der Waals surface area contributed by atoms with Crippen molar-refractivity contribution in [3.63, 3.8) is 0 Å². The van der Waals surface area contributed by atoms with Crippen molar-refractivity contribution in [2.24, 2.45) is 0 Å². The number of benzene rings is 3. The highest BCUT2D eigenvalue weighted by molar-refractivity contribution is 8.13. The number of esters is 1. The van der Waals surface area contributed by atoms with Crippen LogP contribution in [0.1, 0.15) is 36.0 Å². The number of hydrogen-bond acceptors (Lipinski definition) is 8. The summed E-state index contributed by atoms with van der Waals surface area (Å²) in [6.07, 6.45) is 2.73. The first kappa shape index (κ1) is 31.5. The van der Waals surface area contributed by atoms with E-state index in [4.69, 9.17) is 31.8 Å². The minimum Gasteiger partial charge on any atom is -0.493 e. The smallest absolute Gasteiger partial charge is 0.305 e. The first-order chi connectivity index (χ1) is 20.0. The number of sulfonamides is 1. The summed E-state index contributed by atoms with van der Waals surface area (Å²) in [5.41, 5.74) is 2.58. The fourth-order valence-corrected chi connectivity index (χ4v) is 6.24. The van der Waals surface area contributed by atoms with Crippen LogP contribution >= 0.6 is 22.3 Å². The molecule has 3 aromatic rings. The Morgan fingerprint density at radius 2 is 1.55 bits per heavy atom. The number of nitrogens with one attached hydrogen (secondary N) is 1. The van der Waals surface area contributed by atoms with Gasteiger partial charge in [-0.15, -0.1) is 0 Å². The van der Waals surface area contributed by atoms with Crippen LogP contribution in [0, 0.1) is 11.8 Å². The van der Waals surface area contributed by atoms with Gasteiger partial charge in [-0.1, -0.05) is 23.4 Å². The summed E-state index contributed by atoms with van der Waals surface area (Å²) in [6.45, 7) is 1.17. The molecule has 42 heavy (non-hydrogen) atoms. The molecule has 0 spiro atoms. The summed E-state index contributed by atoms with van der Waals surface area (Å²) in [6, 6.07) is 14.2. The Hall–Kier alpha value is -3.43. The molecule has 222 valence electrons. The minimum absolute atomic E-state index is 0.137. The number of rotatable bonds is 7. The number of methoxy groups -OCH3 is 1. The number of anilines is 1. The monoisotopic (exact) mass is 651 g/mol. The summed E-state index contributed by atoms with van der Waals surface area (Å²) in [5.74, 6) is 7.05. The Morgan fingerprint density at radius 3 is 2.17 bits per heavy atom. The van der Waals surface area contributed by atoms with Crippen LogP contribution < -0.4 is 14.2 Å². The molecule has 13 heteroatoms. The molecule has 0 aromatic heterocycles. The number of unbranched alkanes of at least 4 members (excludes halogenated alkanes) is 1. The maximum absolute atomic E-state index is 12.8. The van der Waals surface area contributed by atoms with Gasteiger partial charge in [0.1, 0.15) is 11.5 Å². The highest BCUT2D eigenvalue weighted by atomic mass is 35.7. The van der Waals surface area contributed by atoms with Crippen LogP contribution in [0.5, 0.6) is 11.5 Å². The van der Waals surface area contributed by atoms with E-state index in [-0.39, 0.29) is 22.2 Å². The van der Waals surface area contributed by atoms with Crippen LogP contribution in [0.25, 0.3) is 0 Å². The number of carbonyl (C=O) groups is 1. The molecule has 0 bridgehead atoms. The van der Waals surface area contributed by atoms with Crippen molar-refractivity contribution in [3.05, 3.63) is 76.3 Å². The zero-order chi connectivity index (χ0) is 30.3. The quantitative estimate of drug-likeness (QED) is 0.158. The van der Waals surface area contributed by atoms with Crippen LogP contribution in [-0.4, -0.2) is 43.1 Å². The molecule has 0 radical (unpaired) electrons. The third-order valence-corrected chi connectivity index (χ3v) is 9.22. The second kappa shape index (κ2) is 13.7. The highest BCUT2D eigenvalue weighted by Crippen LogP contribution is 2.30. The van der Waals surface area contributed by atoms with Gasteiger partial charge in [0.15, 0.2) is 0 Å². The molecule has 0 fully saturated rings. The van der Waals surface area contributed by atoms with Gasteiger partial charge >= 0.3 is 5.97 Å². The minimum atomic E-state index is -3.80. The second-order valence-electron chi connectivity index (χ2n) is 9.20. The molecule has 2 aliphatic heterocycles. The maximum atomic E-state index is 12.8. The van der Waals surface area contributed by atoms with E-state index in [0.29, 0.717) is 54.5 Å². The Bertz CT molecular complexity index is 1760. The average molecular weight is 653 g/mol. The van der Waals surface area contributed by atoms with Crippen LogP contribution in [0.15, 0.2) is 64.4 Å². The molecule has 2 heterocycles. The fourth-order valence-electron chi connectivity index (χ4n) is 4.14. The van der Waals surface area contributed by atoms with E-state index in [0.717, 1.165) is 23.3 Å². The van der Waals surface area contributed by atoms with Gasteiger partial charge in [0, 0.05) is 41.4 Å². The summed E-state index contributed by atoms with van der Waals surface area (Å²) < 4.78 is 65.4. The molecule has 0 saturated heterocycles. The van der Waals surface area contributed by atoms with Gasteiger partial charge < -0.3 is 14.2 Å². The Labute approximate surface area is 254 Å². The predicted octanol–water partition coefficient (Wildman–Crippen LogP) is 5.32. The van der Waals surface area contributed by atoms with E-state index < -0.39 is 19.1 Å². The molecule has 9 nitrogen and oxygen atoms in total. The molecule has 1 N–H and O–H groups in total. The Morgan fingerprint density at radius 1 is 0.929 bits per heavy atom. The van der Waals surface area contributed by atoms with Crippen molar-refractivity contribution in [1.82, 2.24) is 0 Å². The van der Waals surface area contributed by atoms with Gasteiger partial charge in [0.05, 0.1) is 41.4 Å². The lowest BCUT2D eigenvalue weighted by Crippen LogP contribution is -2.14. The van der Waals surface area contributed by atoms with Gasteiger partial charge in [0.2, 0.25) is 0 Å². The molecular formula is C29H27Cl2NO8S2. The van der Waals surface area contributed by atoms with Crippen LogP contribution in [0.2, 0.25) is 5.02 Å². The van der Waals surface area contributed by atoms with Crippen molar-refractivity contribution >= 4 is 53.0 Å². The topological polar surface area (TPSA) is 125 Å². The van der Waals surface area contributed by atoms with Crippen molar-refractivity contribution in [1.29, 1.82) is 0 Å². The third kappa shape index (κ3) is 8.32. The SMILES string of the molecule is COC(=O)CCCC#Cc1cc(Cl)ccc1NS(=O)(=O)c1ccc2c(c1)CCO2.O=S(=O)(Cl)c1ccc2c(c1)CCO2. The Balaban J connectivity index is 0.000000258. The van der Waals surface area contributed by atoms with Gasteiger partial charge in [0.25, 0.3) is 19.1 Å². The lowest BCUT2D eigenvalue weighted by atomic mass is 10.1. The zero-order valence-electron chi connectivity index (χ0n) is 22.5. The highest BCUT2D eigenvalue weighted by Gasteiger charge is 2.20. The molecule has 0 aliphatic carbocycles. The van der Waals surface area contributed by atoms with E-state index in [1.807, 2.05) is 0 Å². The molecule has 5 rings (SSSR count). The largest absolute Gasteiger partial charge is 0.493 e. The molecule has 0 amide bonds. The summed E-state index contributed by atoms with van der Waals surface area (Å²) >= 11 is 6.05. The van der Waals surface area contributed by atoms with E-state index in [9.17, 15) is 21.6 Å². The van der Waals surface area contributed by atoms with Crippen LogP contribution in [-0.2, 0) is 41.4 Å². The van der Waals surface area contributed by atoms with Crippen molar-refractivity contribution in [3.8, 4) is 23.3 Å². The average Bonchev–Trinajstić information content (AvgIpc) is 3.62. The first-order valence-electron chi connectivity index (χ1n) is 12.8. The molecular weight excluding hydrogens is 625 g/mol. The molecule has 0 saturated carbocycles. The van der Waals surface area contributed by atoms with Crippen molar-refractivity contribution in [2.45, 2.75) is 41.9 Å². The van der Waals surface area contributed by atoms with E-state index in [1.54, 1.807) is 42.5 Å². The number of carbonyl (C=O) groups excluding carboxylic acids is 1. The van der Waals surface area contributed by atoms with Crippen LogP contribution in [0.3, 0.4) is 0 Å². The number of hydrogen-bond donors (Lipinski definition) is 1. The van der Waals surface area contributed by atoms with Crippen molar-refractivity contribution in [2.75, 3.05) is 25.0 Å². The number of halogens is 2. The summed E-state index contributed by atoms with van der Waals surface area (Å²) in [4.78, 5) is 11.4. The molecule has 3 aromatic carbocycles. The second-order valence-corrected chi connectivity index (χ2v) is 13.9. The van der Waals surface area contributed by atoms with Crippen LogP contribution in [0.4, 0.5) is 5.69 Å². The molecule has 0 unspecified atom stereocenters. The summed E-state index contributed by atoms with van der Waals surface area (Å²) in [7, 11) is -0.874. The van der Waals surface area contributed by atoms with E-state index >= 15 is 0 Å². The maximum Gasteiger partial charge on any atom is 0.305 e. The van der Waals surface area contributed by atoms with Gasteiger partial charge in [-0.25, -0.2) is 16.8 Å². The fraction of sp³-hybridized carbons (Fsp3) is 0.276. The number of fused-ring (bicyclic) bond motifs is 2. The third-order valence-electron chi connectivity index (χ3n) is 6.27. The van der Waals surface area contributed by atoms with Gasteiger partial charge in [-0.3, -0.25) is 9.52 Å².